The molecule has 4 rings (SSSR count). The van der Waals surface area contributed by atoms with Gasteiger partial charge in [-0.2, -0.15) is 0 Å². The van der Waals surface area contributed by atoms with E-state index < -0.39 is 0 Å². The standard InChI is InChI=1S/C29H43N5O4/c1-20-16-34(21(2)19-35)28(36)15-22-14-24(32-29(37)31-23-8-5-4-6-9-23)11-12-26(22)38-27(20)18-33(3)17-25-10-7-13-30-25/h7,11-14,20-21,23,27,35H,4-6,8-10,15-19H2,1-3H3,(H2,31,32,37)/t20-,21+,27+/m1/s1. The molecule has 1 aromatic carbocycles. The lowest BCUT2D eigenvalue weighted by atomic mass is 9.96. The van der Waals surface area contributed by atoms with Crippen LogP contribution in [0.3, 0.4) is 0 Å². The van der Waals surface area contributed by atoms with Gasteiger partial charge >= 0.3 is 6.03 Å². The van der Waals surface area contributed by atoms with E-state index in [1.54, 1.807) is 4.90 Å². The van der Waals surface area contributed by atoms with Crippen LogP contribution in [-0.2, 0) is 11.2 Å². The number of nitrogens with one attached hydrogen (secondary N) is 2. The van der Waals surface area contributed by atoms with Gasteiger partial charge in [-0.15, -0.1) is 0 Å². The highest BCUT2D eigenvalue weighted by atomic mass is 16.5. The number of rotatable bonds is 8. The third kappa shape index (κ3) is 7.57. The minimum absolute atomic E-state index is 0.0315. The maximum Gasteiger partial charge on any atom is 0.319 e. The average molecular weight is 526 g/mol. The van der Waals surface area contributed by atoms with E-state index in [9.17, 15) is 14.7 Å². The van der Waals surface area contributed by atoms with Crippen molar-refractivity contribution in [3.63, 3.8) is 0 Å². The van der Waals surface area contributed by atoms with E-state index in [0.29, 0.717) is 24.5 Å². The number of aliphatic hydroxyl groups is 1. The van der Waals surface area contributed by atoms with Gasteiger partial charge in [0.2, 0.25) is 5.91 Å². The van der Waals surface area contributed by atoms with Crippen molar-refractivity contribution in [2.45, 2.75) is 77.0 Å². The van der Waals surface area contributed by atoms with E-state index in [4.69, 9.17) is 4.74 Å². The summed E-state index contributed by atoms with van der Waals surface area (Å²) in [6.07, 6.45) is 10.3. The molecule has 0 unspecified atom stereocenters. The summed E-state index contributed by atoms with van der Waals surface area (Å²) in [6.45, 7) is 5.76. The number of amides is 3. The average Bonchev–Trinajstić information content (AvgIpc) is 3.41. The second-order valence-electron chi connectivity index (χ2n) is 11.1. The molecule has 38 heavy (non-hydrogen) atoms. The van der Waals surface area contributed by atoms with Gasteiger partial charge in [0.05, 0.1) is 19.1 Å². The molecule has 3 N–H and O–H groups in total. The van der Waals surface area contributed by atoms with E-state index in [1.165, 1.54) is 6.42 Å². The first-order valence-electron chi connectivity index (χ1n) is 14.0. The topological polar surface area (TPSA) is 106 Å². The SMILES string of the molecule is C[C@@H]1CN([C@@H](C)CO)C(=O)Cc2cc(NC(=O)NC3CCCCC3)ccc2O[C@H]1CN(C)CC1=NC=CC1. The number of hydrogen-bond acceptors (Lipinski definition) is 6. The molecule has 0 spiro atoms. The highest BCUT2D eigenvalue weighted by Crippen LogP contribution is 2.29. The van der Waals surface area contributed by atoms with Crippen LogP contribution in [0, 0.1) is 5.92 Å². The van der Waals surface area contributed by atoms with E-state index in [0.717, 1.165) is 49.9 Å². The summed E-state index contributed by atoms with van der Waals surface area (Å²) < 4.78 is 6.59. The van der Waals surface area contributed by atoms with Crippen LogP contribution < -0.4 is 15.4 Å². The van der Waals surface area contributed by atoms with Gasteiger partial charge in [-0.25, -0.2) is 4.79 Å². The minimum atomic E-state index is -0.300. The Morgan fingerprint density at radius 1 is 1.29 bits per heavy atom. The molecule has 208 valence electrons. The van der Waals surface area contributed by atoms with Crippen LogP contribution in [0.1, 0.15) is 57.9 Å². The predicted molar refractivity (Wildman–Crippen MR) is 150 cm³/mol. The van der Waals surface area contributed by atoms with Crippen molar-refractivity contribution in [1.29, 1.82) is 0 Å². The van der Waals surface area contributed by atoms with Crippen molar-refractivity contribution >= 4 is 23.3 Å². The zero-order chi connectivity index (χ0) is 27.1. The van der Waals surface area contributed by atoms with Crippen molar-refractivity contribution in [3.8, 4) is 5.75 Å². The summed E-state index contributed by atoms with van der Waals surface area (Å²) in [5.41, 5.74) is 2.48. The largest absolute Gasteiger partial charge is 0.488 e. The number of carbonyl (C=O) groups excluding carboxylic acids is 2. The van der Waals surface area contributed by atoms with Crippen LogP contribution in [0.5, 0.6) is 5.75 Å². The number of anilines is 1. The molecular formula is C29H43N5O4. The molecule has 1 saturated carbocycles. The van der Waals surface area contributed by atoms with Gasteiger partial charge in [-0.05, 0) is 45.0 Å². The van der Waals surface area contributed by atoms with Crippen molar-refractivity contribution in [2.75, 3.05) is 38.6 Å². The zero-order valence-corrected chi connectivity index (χ0v) is 23.0. The maximum absolute atomic E-state index is 13.4. The monoisotopic (exact) mass is 525 g/mol. The van der Waals surface area contributed by atoms with Crippen molar-refractivity contribution in [3.05, 3.63) is 36.0 Å². The van der Waals surface area contributed by atoms with Crippen LogP contribution in [0.25, 0.3) is 0 Å². The maximum atomic E-state index is 13.4. The second-order valence-corrected chi connectivity index (χ2v) is 11.1. The lowest BCUT2D eigenvalue weighted by molar-refractivity contribution is -0.134. The van der Waals surface area contributed by atoms with E-state index >= 15 is 0 Å². The number of aliphatic imine (C=N–C) groups is 1. The summed E-state index contributed by atoms with van der Waals surface area (Å²) >= 11 is 0. The van der Waals surface area contributed by atoms with Crippen LogP contribution in [-0.4, -0.2) is 84.0 Å². The fourth-order valence-corrected chi connectivity index (χ4v) is 5.51. The van der Waals surface area contributed by atoms with Crippen molar-refractivity contribution in [1.82, 2.24) is 15.1 Å². The highest BCUT2D eigenvalue weighted by molar-refractivity contribution is 5.90. The normalized spacial score (nSPS) is 23.1. The van der Waals surface area contributed by atoms with Gasteiger partial charge in [-0.1, -0.05) is 32.3 Å². The summed E-state index contributed by atoms with van der Waals surface area (Å²) in [7, 11) is 2.06. The first-order valence-corrected chi connectivity index (χ1v) is 14.0. The van der Waals surface area contributed by atoms with Crippen molar-refractivity contribution in [2.24, 2.45) is 10.9 Å². The van der Waals surface area contributed by atoms with Crippen LogP contribution in [0.4, 0.5) is 10.5 Å². The van der Waals surface area contributed by atoms with Gasteiger partial charge in [-0.3, -0.25) is 14.7 Å². The number of fused-ring (bicyclic) bond motifs is 1. The molecular weight excluding hydrogens is 482 g/mol. The van der Waals surface area contributed by atoms with Crippen LogP contribution in [0.15, 0.2) is 35.5 Å². The molecule has 1 aromatic rings. The second kappa shape index (κ2) is 13.2. The van der Waals surface area contributed by atoms with Crippen molar-refractivity contribution < 1.29 is 19.4 Å². The number of likely N-dealkylation sites (N-methyl/N-ethyl adjacent to an activating group) is 1. The Balaban J connectivity index is 1.52. The number of ether oxygens (including phenoxy) is 1. The zero-order valence-electron chi connectivity index (χ0n) is 23.0. The van der Waals surface area contributed by atoms with Gasteiger partial charge in [0, 0.05) is 61.2 Å². The predicted octanol–water partition coefficient (Wildman–Crippen LogP) is 3.58. The number of urea groups is 1. The number of allylic oxidation sites excluding steroid dienone is 1. The fraction of sp³-hybridized carbons (Fsp3) is 0.621. The summed E-state index contributed by atoms with van der Waals surface area (Å²) in [6, 6.07) is 5.21. The molecule has 1 aliphatic carbocycles. The Bertz CT molecular complexity index is 1040. The molecule has 9 heteroatoms. The number of benzene rings is 1. The van der Waals surface area contributed by atoms with Gasteiger partial charge in [0.25, 0.3) is 0 Å². The molecule has 2 heterocycles. The van der Waals surface area contributed by atoms with Gasteiger partial charge < -0.3 is 25.4 Å². The molecule has 9 nitrogen and oxygen atoms in total. The first-order chi connectivity index (χ1) is 18.3. The quantitative estimate of drug-likeness (QED) is 0.481. The third-order valence-electron chi connectivity index (χ3n) is 7.77. The molecule has 0 saturated heterocycles. The Morgan fingerprint density at radius 2 is 2.08 bits per heavy atom. The molecule has 3 amide bonds. The number of aliphatic hydroxyl groups excluding tert-OH is 1. The van der Waals surface area contributed by atoms with E-state index in [2.05, 4.69) is 40.6 Å². The van der Waals surface area contributed by atoms with Gasteiger partial charge in [0.1, 0.15) is 11.9 Å². The minimum Gasteiger partial charge on any atom is -0.488 e. The summed E-state index contributed by atoms with van der Waals surface area (Å²) in [4.78, 5) is 34.5. The fourth-order valence-electron chi connectivity index (χ4n) is 5.51. The number of hydrogen-bond donors (Lipinski definition) is 3. The Kier molecular flexibility index (Phi) is 9.80. The molecule has 0 aromatic heterocycles. The van der Waals surface area contributed by atoms with E-state index in [1.807, 2.05) is 31.3 Å². The highest BCUT2D eigenvalue weighted by Gasteiger charge is 2.31. The van der Waals surface area contributed by atoms with E-state index in [-0.39, 0.29) is 49.1 Å². The smallest absolute Gasteiger partial charge is 0.319 e. The Labute approximate surface area is 226 Å². The number of nitrogens with zero attached hydrogens (tertiary/aromatic N) is 3. The Hall–Kier alpha value is -2.91. The molecule has 3 aliphatic rings. The Morgan fingerprint density at radius 3 is 2.79 bits per heavy atom. The molecule has 3 atom stereocenters. The first kappa shape index (κ1) is 28.1. The lowest BCUT2D eigenvalue weighted by Crippen LogP contribution is -2.47. The summed E-state index contributed by atoms with van der Waals surface area (Å²) in [5, 5.41) is 15.9. The van der Waals surface area contributed by atoms with Gasteiger partial charge in [0.15, 0.2) is 0 Å². The molecule has 2 aliphatic heterocycles. The van der Waals surface area contributed by atoms with Crippen LogP contribution in [0.2, 0.25) is 0 Å². The van der Waals surface area contributed by atoms with Crippen LogP contribution >= 0.6 is 0 Å². The molecule has 0 bridgehead atoms. The lowest BCUT2D eigenvalue weighted by Gasteiger charge is -2.34. The molecule has 1 fully saturated rings. The third-order valence-corrected chi connectivity index (χ3v) is 7.77. The number of carbonyl (C=O) groups is 2. The summed E-state index contributed by atoms with van der Waals surface area (Å²) in [5.74, 6) is 0.622. The molecule has 0 radical (unpaired) electrons.